The molecule has 2 aliphatic carbocycles. The largest absolute Gasteiger partial charge is 0.207 e. The Morgan fingerprint density at radius 1 is 0.864 bits per heavy atom. The van der Waals surface area contributed by atoms with Crippen molar-refractivity contribution in [3.63, 3.8) is 0 Å². The first-order chi connectivity index (χ1) is 10.7. The van der Waals surface area contributed by atoms with Gasteiger partial charge < -0.3 is 0 Å². The lowest BCUT2D eigenvalue weighted by Gasteiger charge is -2.31. The second-order valence-electron chi connectivity index (χ2n) is 7.98. The highest BCUT2D eigenvalue weighted by Gasteiger charge is 2.24. The molecule has 0 saturated heterocycles. The molecule has 1 aromatic carbocycles. The molecule has 0 heterocycles. The van der Waals surface area contributed by atoms with Crippen molar-refractivity contribution in [3.05, 3.63) is 35.6 Å². The van der Waals surface area contributed by atoms with Crippen LogP contribution in [0.5, 0.6) is 0 Å². The average molecular weight is 302 g/mol. The van der Waals surface area contributed by atoms with E-state index in [0.29, 0.717) is 5.92 Å². The fourth-order valence-corrected chi connectivity index (χ4v) is 4.63. The molecule has 0 amide bonds. The molecule has 3 rings (SSSR count). The van der Waals surface area contributed by atoms with E-state index < -0.39 is 0 Å². The highest BCUT2D eigenvalue weighted by molar-refractivity contribution is 5.21. The van der Waals surface area contributed by atoms with E-state index in [4.69, 9.17) is 0 Å². The van der Waals surface area contributed by atoms with Crippen LogP contribution in [0.25, 0.3) is 0 Å². The summed E-state index contributed by atoms with van der Waals surface area (Å²) in [4.78, 5) is 0. The van der Waals surface area contributed by atoms with Gasteiger partial charge in [0.05, 0.1) is 0 Å². The summed E-state index contributed by atoms with van der Waals surface area (Å²) in [7, 11) is 0. The Morgan fingerprint density at radius 3 is 2.05 bits per heavy atom. The maximum Gasteiger partial charge on any atom is 0.123 e. The standard InChI is InChI=1S/C21H31F/c1-16-5-7-17(8-6-16)9-10-18-11-13-19(14-12-18)20-3-2-4-21(22)15-20/h2-4,15-19H,5-14H2,1H3. The Kier molecular flexibility index (Phi) is 5.55. The topological polar surface area (TPSA) is 0 Å². The SMILES string of the molecule is CC1CCC(CCC2CCC(c3cccc(F)c3)CC2)CC1. The van der Waals surface area contributed by atoms with E-state index in [-0.39, 0.29) is 5.82 Å². The van der Waals surface area contributed by atoms with E-state index in [1.807, 2.05) is 6.07 Å². The van der Waals surface area contributed by atoms with Crippen molar-refractivity contribution in [1.82, 2.24) is 0 Å². The Morgan fingerprint density at radius 2 is 1.45 bits per heavy atom. The highest BCUT2D eigenvalue weighted by Crippen LogP contribution is 2.39. The van der Waals surface area contributed by atoms with Gasteiger partial charge in [-0.15, -0.1) is 0 Å². The molecule has 0 atom stereocenters. The van der Waals surface area contributed by atoms with Crippen LogP contribution in [0.4, 0.5) is 4.39 Å². The van der Waals surface area contributed by atoms with Gasteiger partial charge in [-0.05, 0) is 67.1 Å². The fourth-order valence-electron chi connectivity index (χ4n) is 4.63. The minimum absolute atomic E-state index is 0.0776. The summed E-state index contributed by atoms with van der Waals surface area (Å²) >= 11 is 0. The molecule has 0 aromatic heterocycles. The molecule has 1 aromatic rings. The van der Waals surface area contributed by atoms with Crippen LogP contribution in [0.3, 0.4) is 0 Å². The molecule has 0 aliphatic heterocycles. The molecule has 2 fully saturated rings. The van der Waals surface area contributed by atoms with Crippen LogP contribution in [0.1, 0.15) is 82.6 Å². The number of halogens is 1. The van der Waals surface area contributed by atoms with Crippen molar-refractivity contribution in [1.29, 1.82) is 0 Å². The third-order valence-corrected chi connectivity index (χ3v) is 6.29. The Hall–Kier alpha value is -0.850. The van der Waals surface area contributed by atoms with Gasteiger partial charge in [-0.3, -0.25) is 0 Å². The van der Waals surface area contributed by atoms with E-state index in [1.165, 1.54) is 69.8 Å². The van der Waals surface area contributed by atoms with Gasteiger partial charge >= 0.3 is 0 Å². The zero-order valence-electron chi connectivity index (χ0n) is 14.1. The molecule has 2 aliphatic rings. The Labute approximate surface area is 135 Å². The predicted octanol–water partition coefficient (Wildman–Crippen LogP) is 6.71. The molecule has 0 bridgehead atoms. The first kappa shape index (κ1) is 16.0. The van der Waals surface area contributed by atoms with Gasteiger partial charge in [0.1, 0.15) is 5.82 Å². The first-order valence-corrected chi connectivity index (χ1v) is 9.46. The summed E-state index contributed by atoms with van der Waals surface area (Å²) in [6.45, 7) is 2.41. The molecule has 0 radical (unpaired) electrons. The van der Waals surface area contributed by atoms with Crippen LogP contribution < -0.4 is 0 Å². The molecule has 2 saturated carbocycles. The van der Waals surface area contributed by atoms with Gasteiger partial charge in [-0.1, -0.05) is 57.6 Å². The monoisotopic (exact) mass is 302 g/mol. The van der Waals surface area contributed by atoms with E-state index in [1.54, 1.807) is 12.1 Å². The van der Waals surface area contributed by atoms with Crippen LogP contribution in [0.15, 0.2) is 24.3 Å². The van der Waals surface area contributed by atoms with Crippen molar-refractivity contribution in [2.75, 3.05) is 0 Å². The molecule has 0 unspecified atom stereocenters. The van der Waals surface area contributed by atoms with Crippen LogP contribution in [-0.4, -0.2) is 0 Å². The maximum atomic E-state index is 13.4. The van der Waals surface area contributed by atoms with Gasteiger partial charge in [0.15, 0.2) is 0 Å². The molecule has 0 nitrogen and oxygen atoms in total. The number of hydrogen-bond acceptors (Lipinski definition) is 0. The minimum Gasteiger partial charge on any atom is -0.207 e. The number of hydrogen-bond donors (Lipinski definition) is 0. The Bertz CT molecular complexity index is 451. The molecule has 22 heavy (non-hydrogen) atoms. The fraction of sp³-hybridized carbons (Fsp3) is 0.714. The summed E-state index contributed by atoms with van der Waals surface area (Å²) < 4.78 is 13.4. The van der Waals surface area contributed by atoms with Crippen molar-refractivity contribution in [2.45, 2.75) is 77.0 Å². The van der Waals surface area contributed by atoms with E-state index in [0.717, 1.165) is 17.8 Å². The van der Waals surface area contributed by atoms with Crippen LogP contribution in [0, 0.1) is 23.6 Å². The van der Waals surface area contributed by atoms with Crippen molar-refractivity contribution in [2.24, 2.45) is 17.8 Å². The van der Waals surface area contributed by atoms with Gasteiger partial charge in [0.25, 0.3) is 0 Å². The second-order valence-corrected chi connectivity index (χ2v) is 7.98. The molecule has 0 spiro atoms. The summed E-state index contributed by atoms with van der Waals surface area (Å²) in [5.74, 6) is 3.44. The van der Waals surface area contributed by atoms with Gasteiger partial charge in [0.2, 0.25) is 0 Å². The third-order valence-electron chi connectivity index (χ3n) is 6.29. The molecular weight excluding hydrogens is 271 g/mol. The Balaban J connectivity index is 1.40. The quantitative estimate of drug-likeness (QED) is 0.580. The van der Waals surface area contributed by atoms with Crippen LogP contribution in [-0.2, 0) is 0 Å². The van der Waals surface area contributed by atoms with Gasteiger partial charge in [-0.2, -0.15) is 0 Å². The lowest BCUT2D eigenvalue weighted by atomic mass is 9.74. The minimum atomic E-state index is -0.0776. The summed E-state index contributed by atoms with van der Waals surface area (Å²) in [5.41, 5.74) is 1.22. The molecule has 122 valence electrons. The van der Waals surface area contributed by atoms with Crippen molar-refractivity contribution < 1.29 is 4.39 Å². The lowest BCUT2D eigenvalue weighted by molar-refractivity contribution is 0.237. The molecular formula is C21H31F. The second kappa shape index (κ2) is 7.62. The average Bonchev–Trinajstić information content (AvgIpc) is 2.55. The van der Waals surface area contributed by atoms with E-state index >= 15 is 0 Å². The van der Waals surface area contributed by atoms with Crippen molar-refractivity contribution in [3.8, 4) is 0 Å². The molecule has 1 heteroatoms. The summed E-state index contributed by atoms with van der Waals surface area (Å²) in [6, 6.07) is 7.27. The predicted molar refractivity (Wildman–Crippen MR) is 91.5 cm³/mol. The lowest BCUT2D eigenvalue weighted by Crippen LogP contribution is -2.17. The summed E-state index contributed by atoms with van der Waals surface area (Å²) in [6.07, 6.45) is 14.0. The first-order valence-electron chi connectivity index (χ1n) is 9.46. The van der Waals surface area contributed by atoms with Gasteiger partial charge in [0, 0.05) is 0 Å². The molecule has 0 N–H and O–H groups in total. The summed E-state index contributed by atoms with van der Waals surface area (Å²) in [5, 5.41) is 0. The number of rotatable bonds is 4. The number of benzene rings is 1. The maximum absolute atomic E-state index is 13.4. The zero-order chi connectivity index (χ0) is 15.4. The third kappa shape index (κ3) is 4.33. The van der Waals surface area contributed by atoms with E-state index in [2.05, 4.69) is 13.0 Å². The van der Waals surface area contributed by atoms with Crippen LogP contribution in [0.2, 0.25) is 0 Å². The van der Waals surface area contributed by atoms with Crippen molar-refractivity contribution >= 4 is 0 Å². The smallest absolute Gasteiger partial charge is 0.123 e. The normalized spacial score (nSPS) is 32.8. The zero-order valence-corrected chi connectivity index (χ0v) is 14.1. The van der Waals surface area contributed by atoms with Gasteiger partial charge in [-0.25, -0.2) is 4.39 Å². The highest BCUT2D eigenvalue weighted by atomic mass is 19.1. The van der Waals surface area contributed by atoms with Crippen LogP contribution >= 0.6 is 0 Å². The van der Waals surface area contributed by atoms with E-state index in [9.17, 15) is 4.39 Å².